The molecule has 0 atom stereocenters. The van der Waals surface area contributed by atoms with Gasteiger partial charge in [0.15, 0.2) is 0 Å². The van der Waals surface area contributed by atoms with Gasteiger partial charge in [-0.25, -0.2) is 0 Å². The van der Waals surface area contributed by atoms with Crippen LogP contribution in [-0.4, -0.2) is 58.3 Å². The van der Waals surface area contributed by atoms with Crippen LogP contribution in [0.1, 0.15) is 46.9 Å². The molecule has 5 aliphatic rings. The van der Waals surface area contributed by atoms with Crippen molar-refractivity contribution < 1.29 is 20.6 Å². The van der Waals surface area contributed by atoms with Crippen LogP contribution in [-0.2, 0) is 5.41 Å². The Kier molecular flexibility index (Phi) is 10.3. The van der Waals surface area contributed by atoms with E-state index in [1.54, 1.807) is 0 Å². The Bertz CT molecular complexity index is 6210. The maximum absolute atomic E-state index is 11.9. The standard InChI is InChI=1S/C88H60B2N2Se3/c1-88(2,3)65-52-72-80-73(53-65)92(86-68(60-37-21-9-22-38-60)43-26-44-69(86)61-39-23-10-24-40-61)74-54-79-84-87(95-78-51-64(57-31-15-6-16-32-57)50-77-83(78)90(84)82-75(93-77)48-63(49-76(82)94-79)56-29-13-5-14-30-56)81(74)89(80)70-46-45-62(55-27-11-4-12-28-55)47-71(70)91(72)85-66(58-33-17-7-18-34-58)41-25-42-67(85)59-35-19-8-20-36-59/h4-54H,1-3H3/i4D,11D,12D,27D,28D,45D,46D,47D,48D,49D,50D,51D,52D,53D,54D. The fourth-order valence-electron chi connectivity index (χ4n) is 14.5. The fourth-order valence-corrected chi connectivity index (χ4v) is 23.1. The van der Waals surface area contributed by atoms with Crippen LogP contribution < -0.4 is 69.3 Å². The second-order valence-corrected chi connectivity index (χ2v) is 31.7. The third-order valence-corrected chi connectivity index (χ3v) is 25.6. The number of nitrogens with zero attached hydrogens (tertiary/aromatic N) is 2. The van der Waals surface area contributed by atoms with Gasteiger partial charge in [0.1, 0.15) is 0 Å². The average molecular weight is 1420 g/mol. The van der Waals surface area contributed by atoms with E-state index in [1.807, 2.05) is 232 Å². The first kappa shape index (κ1) is 43.4. The monoisotopic (exact) mass is 1420 g/mol. The van der Waals surface area contributed by atoms with Crippen molar-refractivity contribution in [1.29, 1.82) is 0 Å². The van der Waals surface area contributed by atoms with Crippen molar-refractivity contribution >= 4 is 152 Å². The van der Waals surface area contributed by atoms with Crippen LogP contribution in [0.4, 0.5) is 34.1 Å². The zero-order valence-corrected chi connectivity index (χ0v) is 56.7. The molecule has 2 nitrogen and oxygen atoms in total. The average Bonchev–Trinajstić information content (AvgIpc) is 0.657. The molecule has 14 aromatic carbocycles. The van der Waals surface area contributed by atoms with Gasteiger partial charge in [-0.05, 0) is 0 Å². The predicted molar refractivity (Wildman–Crippen MR) is 410 cm³/mol. The number of rotatable bonds is 9. The van der Waals surface area contributed by atoms with Gasteiger partial charge in [-0.1, -0.05) is 0 Å². The first-order chi connectivity index (χ1) is 53.1. The van der Waals surface area contributed by atoms with E-state index in [2.05, 4.69) is 17.0 Å². The zero-order chi connectivity index (χ0) is 76.1. The molecular formula is C88H60B2N2Se3. The molecule has 0 N–H and O–H groups in total. The van der Waals surface area contributed by atoms with E-state index in [9.17, 15) is 19.2 Å². The molecule has 14 aromatic rings. The molecule has 95 heavy (non-hydrogen) atoms. The first-order valence-corrected chi connectivity index (χ1v) is 36.9. The topological polar surface area (TPSA) is 6.48 Å². The summed E-state index contributed by atoms with van der Waals surface area (Å²) in [6, 6.07) is 66.3. The molecule has 5 aliphatic heterocycles. The normalized spacial score (nSPS) is 15.6. The molecule has 0 radical (unpaired) electrons. The third-order valence-electron chi connectivity index (χ3n) is 18.7. The summed E-state index contributed by atoms with van der Waals surface area (Å²) in [5, 5.41) is 0. The van der Waals surface area contributed by atoms with Crippen molar-refractivity contribution in [2.24, 2.45) is 0 Å². The Balaban J connectivity index is 1.07. The van der Waals surface area contributed by atoms with Gasteiger partial charge in [0, 0.05) is 0 Å². The van der Waals surface area contributed by atoms with E-state index in [4.69, 9.17) is 1.37 Å². The summed E-state index contributed by atoms with van der Waals surface area (Å²) in [6.45, 7) is 3.72. The summed E-state index contributed by atoms with van der Waals surface area (Å²) in [5.74, 6) is 0. The molecule has 0 bridgehead atoms. The van der Waals surface area contributed by atoms with E-state index < -0.39 is 123 Å². The molecule has 0 aliphatic carbocycles. The van der Waals surface area contributed by atoms with Crippen molar-refractivity contribution in [1.82, 2.24) is 0 Å². The van der Waals surface area contributed by atoms with Gasteiger partial charge in [-0.15, -0.1) is 0 Å². The number of hydrogen-bond donors (Lipinski definition) is 0. The summed E-state index contributed by atoms with van der Waals surface area (Å²) in [4.78, 5) is 3.96. The van der Waals surface area contributed by atoms with Crippen LogP contribution >= 0.6 is 0 Å². The molecular weight excluding hydrogens is 1340 g/mol. The molecule has 0 saturated carbocycles. The van der Waals surface area contributed by atoms with Crippen molar-refractivity contribution in [3.8, 4) is 77.9 Å². The molecule has 0 aromatic heterocycles. The van der Waals surface area contributed by atoms with E-state index in [-0.39, 0.29) is 64.8 Å². The molecule has 0 spiro atoms. The van der Waals surface area contributed by atoms with Gasteiger partial charge < -0.3 is 0 Å². The minimum atomic E-state index is -1.37. The van der Waals surface area contributed by atoms with E-state index in [0.717, 1.165) is 63.2 Å². The summed E-state index contributed by atoms with van der Waals surface area (Å²) in [6.07, 6.45) is 0. The first-order valence-electron chi connectivity index (χ1n) is 39.3. The van der Waals surface area contributed by atoms with E-state index >= 15 is 0 Å². The Morgan fingerprint density at radius 3 is 1.12 bits per heavy atom. The summed E-state index contributed by atoms with van der Waals surface area (Å²) < 4.78 is 162. The SMILES string of the molecule is [2H]c1c([2H])c([2H])c(-c2c([2H])c([2H])c3c(c2[2H])N(c2c(-c4ccccc4)cccc2-c2ccccc2)c2c([2H])c(C(C)(C)C)c([2H])c4c2B3c2c3c5c(c([2H])c2N4c2c(-c4ccccc4)cccc2-c2ccccc2)[Se]c2c([2H])c(-c4ccccc4)c([2H])c4c2B5c2c(c([2H])c(-c5ccccc5)c([2H])c2[Se]3)[Se]4)c([2H])c1[2H]. The Morgan fingerprint density at radius 1 is 0.295 bits per heavy atom. The molecule has 446 valence electrons. The minimum absolute atomic E-state index is 0.0193. The van der Waals surface area contributed by atoms with Gasteiger partial charge in [-0.2, -0.15) is 0 Å². The second-order valence-electron chi connectivity index (χ2n) is 25.3. The van der Waals surface area contributed by atoms with Crippen LogP contribution in [0, 0.1) is 0 Å². The van der Waals surface area contributed by atoms with Gasteiger partial charge in [0.2, 0.25) is 0 Å². The van der Waals surface area contributed by atoms with Crippen molar-refractivity contribution in [3.05, 3.63) is 315 Å². The zero-order valence-electron chi connectivity index (χ0n) is 66.6. The molecule has 19 rings (SSSR count). The molecule has 5 heterocycles. The number of para-hydroxylation sites is 2. The number of anilines is 6. The van der Waals surface area contributed by atoms with Crippen LogP contribution in [0.5, 0.6) is 0 Å². The van der Waals surface area contributed by atoms with Gasteiger partial charge in [0.05, 0.1) is 0 Å². The Morgan fingerprint density at radius 2 is 0.684 bits per heavy atom. The quantitative estimate of drug-likeness (QED) is 0.133. The van der Waals surface area contributed by atoms with Crippen LogP contribution in [0.15, 0.2) is 309 Å². The van der Waals surface area contributed by atoms with Crippen LogP contribution in [0.3, 0.4) is 0 Å². The maximum atomic E-state index is 11.9. The number of benzene rings is 14. The summed E-state index contributed by atoms with van der Waals surface area (Å²) in [7, 11) is 0. The summed E-state index contributed by atoms with van der Waals surface area (Å²) in [5.41, 5.74) is 11.5. The molecule has 7 heteroatoms. The predicted octanol–water partition coefficient (Wildman–Crippen LogP) is 13.2. The Hall–Kier alpha value is -9.63. The molecule has 0 unspecified atom stereocenters. The number of fused-ring (bicyclic) bond motifs is 5. The van der Waals surface area contributed by atoms with Gasteiger partial charge >= 0.3 is 601 Å². The van der Waals surface area contributed by atoms with Crippen molar-refractivity contribution in [2.45, 2.75) is 26.2 Å². The van der Waals surface area contributed by atoms with Crippen molar-refractivity contribution in [3.63, 3.8) is 0 Å². The molecule has 0 saturated heterocycles. The molecule has 0 amide bonds. The molecule has 0 fully saturated rings. The second kappa shape index (κ2) is 22.5. The van der Waals surface area contributed by atoms with E-state index in [1.165, 1.54) is 0 Å². The third kappa shape index (κ3) is 9.20. The van der Waals surface area contributed by atoms with E-state index in [0.29, 0.717) is 80.3 Å². The van der Waals surface area contributed by atoms with Crippen LogP contribution in [0.25, 0.3) is 77.9 Å². The van der Waals surface area contributed by atoms with Gasteiger partial charge in [-0.3, -0.25) is 0 Å². The van der Waals surface area contributed by atoms with Gasteiger partial charge in [0.25, 0.3) is 0 Å². The Labute approximate surface area is 597 Å². The van der Waals surface area contributed by atoms with Crippen LogP contribution in [0.2, 0.25) is 0 Å². The summed E-state index contributed by atoms with van der Waals surface area (Å²) >= 11 is -2.56. The van der Waals surface area contributed by atoms with Crippen molar-refractivity contribution in [2.75, 3.05) is 9.80 Å². The number of hydrogen-bond acceptors (Lipinski definition) is 2. The fraction of sp³-hybridized carbons (Fsp3) is 0.0455.